The standard InChI is InChI=1S/C20H25N3O2/c1-3-23-13-16(14(2)22-23)19(24)21-17-12-20(10-6-7-11-20)25-18-9-5-4-8-15(17)18/h4-5,8-9,13,17H,3,6-7,10-12H2,1-2H3,(H,21,24). The summed E-state index contributed by atoms with van der Waals surface area (Å²) in [7, 11) is 0. The van der Waals surface area contributed by atoms with Crippen molar-refractivity contribution in [1.29, 1.82) is 0 Å². The lowest BCUT2D eigenvalue weighted by molar-refractivity contribution is 0.0360. The molecule has 1 aromatic carbocycles. The van der Waals surface area contributed by atoms with Gasteiger partial charge in [0.1, 0.15) is 11.4 Å². The van der Waals surface area contributed by atoms with Crippen molar-refractivity contribution in [3.63, 3.8) is 0 Å². The number of amides is 1. The highest BCUT2D eigenvalue weighted by atomic mass is 16.5. The molecule has 2 heterocycles. The fourth-order valence-corrected chi connectivity index (χ4v) is 4.21. The summed E-state index contributed by atoms with van der Waals surface area (Å²) >= 11 is 0. The molecule has 2 aliphatic rings. The van der Waals surface area contributed by atoms with E-state index >= 15 is 0 Å². The summed E-state index contributed by atoms with van der Waals surface area (Å²) in [6.07, 6.45) is 7.22. The molecule has 5 nitrogen and oxygen atoms in total. The predicted octanol–water partition coefficient (Wildman–Crippen LogP) is 3.78. The minimum Gasteiger partial charge on any atom is -0.487 e. The van der Waals surface area contributed by atoms with Crippen LogP contribution in [0, 0.1) is 6.92 Å². The fourth-order valence-electron chi connectivity index (χ4n) is 4.21. The molecule has 1 atom stereocenters. The normalized spacial score (nSPS) is 21.0. The number of hydrogen-bond acceptors (Lipinski definition) is 3. The lowest BCUT2D eigenvalue weighted by Crippen LogP contribution is -2.43. The minimum absolute atomic E-state index is 0.0140. The lowest BCUT2D eigenvalue weighted by Gasteiger charge is -2.40. The molecule has 1 N–H and O–H groups in total. The smallest absolute Gasteiger partial charge is 0.255 e. The average Bonchev–Trinajstić information content (AvgIpc) is 3.21. The van der Waals surface area contributed by atoms with Gasteiger partial charge in [-0.2, -0.15) is 5.10 Å². The third-order valence-corrected chi connectivity index (χ3v) is 5.53. The fraction of sp³-hybridized carbons (Fsp3) is 0.500. The first-order chi connectivity index (χ1) is 12.1. The van der Waals surface area contributed by atoms with Gasteiger partial charge in [-0.15, -0.1) is 0 Å². The summed E-state index contributed by atoms with van der Waals surface area (Å²) < 4.78 is 8.18. The summed E-state index contributed by atoms with van der Waals surface area (Å²) in [6.45, 7) is 4.67. The van der Waals surface area contributed by atoms with Crippen LogP contribution >= 0.6 is 0 Å². The van der Waals surface area contributed by atoms with Gasteiger partial charge >= 0.3 is 0 Å². The summed E-state index contributed by atoms with van der Waals surface area (Å²) in [5, 5.41) is 7.64. The monoisotopic (exact) mass is 339 g/mol. The molecule has 5 heteroatoms. The molecule has 1 unspecified atom stereocenters. The quantitative estimate of drug-likeness (QED) is 0.926. The first kappa shape index (κ1) is 16.2. The molecular weight excluding hydrogens is 314 g/mol. The topological polar surface area (TPSA) is 56.2 Å². The number of nitrogens with one attached hydrogen (secondary N) is 1. The third kappa shape index (κ3) is 2.92. The molecule has 132 valence electrons. The van der Waals surface area contributed by atoms with Gasteiger partial charge in [0.15, 0.2) is 0 Å². The number of rotatable bonds is 3. The van der Waals surface area contributed by atoms with Gasteiger partial charge in [-0.1, -0.05) is 18.2 Å². The van der Waals surface area contributed by atoms with Crippen LogP contribution in [-0.4, -0.2) is 21.3 Å². The van der Waals surface area contributed by atoms with Gasteiger partial charge in [-0.25, -0.2) is 0 Å². The number of aryl methyl sites for hydroxylation is 2. The van der Waals surface area contributed by atoms with Crippen LogP contribution in [0.1, 0.15) is 66.7 Å². The number of ether oxygens (including phenoxy) is 1. The molecule has 0 saturated heterocycles. The molecule has 1 amide bonds. The first-order valence-corrected chi connectivity index (χ1v) is 9.23. The number of benzene rings is 1. The summed E-state index contributed by atoms with van der Waals surface area (Å²) in [5.41, 5.74) is 2.39. The Labute approximate surface area is 148 Å². The Kier molecular flexibility index (Phi) is 4.02. The second kappa shape index (κ2) is 6.21. The zero-order valence-electron chi connectivity index (χ0n) is 14.9. The Morgan fingerprint density at radius 3 is 2.84 bits per heavy atom. The van der Waals surface area contributed by atoms with Crippen molar-refractivity contribution >= 4 is 5.91 Å². The van der Waals surface area contributed by atoms with E-state index in [1.807, 2.05) is 38.2 Å². The van der Waals surface area contributed by atoms with Crippen LogP contribution in [0.2, 0.25) is 0 Å². The van der Waals surface area contributed by atoms with Crippen molar-refractivity contribution in [3.8, 4) is 5.75 Å². The van der Waals surface area contributed by atoms with Gasteiger partial charge in [-0.3, -0.25) is 9.48 Å². The van der Waals surface area contributed by atoms with E-state index in [0.717, 1.165) is 42.8 Å². The van der Waals surface area contributed by atoms with Crippen molar-refractivity contribution in [2.75, 3.05) is 0 Å². The van der Waals surface area contributed by atoms with E-state index in [9.17, 15) is 4.79 Å². The number of carbonyl (C=O) groups is 1. The predicted molar refractivity (Wildman–Crippen MR) is 95.7 cm³/mol. The van der Waals surface area contributed by atoms with Crippen LogP contribution in [0.3, 0.4) is 0 Å². The molecule has 1 aromatic heterocycles. The van der Waals surface area contributed by atoms with Crippen molar-refractivity contribution < 1.29 is 9.53 Å². The zero-order valence-corrected chi connectivity index (χ0v) is 14.9. The second-order valence-corrected chi connectivity index (χ2v) is 7.24. The highest BCUT2D eigenvalue weighted by Gasteiger charge is 2.43. The van der Waals surface area contributed by atoms with Crippen LogP contribution in [-0.2, 0) is 6.54 Å². The first-order valence-electron chi connectivity index (χ1n) is 9.23. The van der Waals surface area contributed by atoms with E-state index < -0.39 is 0 Å². The molecule has 2 aromatic rings. The molecule has 4 rings (SSSR count). The molecule has 0 bridgehead atoms. The SMILES string of the molecule is CCn1cc(C(=O)NC2CC3(CCCC3)Oc3ccccc32)c(C)n1. The van der Waals surface area contributed by atoms with Gasteiger partial charge in [-0.05, 0) is 45.6 Å². The van der Waals surface area contributed by atoms with E-state index in [2.05, 4.69) is 16.5 Å². The van der Waals surface area contributed by atoms with Gasteiger partial charge < -0.3 is 10.1 Å². The van der Waals surface area contributed by atoms with Crippen molar-refractivity contribution in [2.45, 2.75) is 64.1 Å². The van der Waals surface area contributed by atoms with Crippen molar-refractivity contribution in [3.05, 3.63) is 47.3 Å². The Bertz CT molecular complexity index is 790. The Balaban J connectivity index is 1.62. The second-order valence-electron chi connectivity index (χ2n) is 7.24. The number of hydrogen-bond donors (Lipinski definition) is 1. The largest absolute Gasteiger partial charge is 0.487 e. The molecule has 1 fully saturated rings. The highest BCUT2D eigenvalue weighted by molar-refractivity contribution is 5.95. The Morgan fingerprint density at radius 1 is 1.36 bits per heavy atom. The van der Waals surface area contributed by atoms with E-state index in [1.54, 1.807) is 4.68 Å². The van der Waals surface area contributed by atoms with Crippen LogP contribution in [0.5, 0.6) is 5.75 Å². The maximum Gasteiger partial charge on any atom is 0.255 e. The minimum atomic E-state index is -0.116. The Morgan fingerprint density at radius 2 is 2.12 bits per heavy atom. The molecule has 25 heavy (non-hydrogen) atoms. The van der Waals surface area contributed by atoms with E-state index in [4.69, 9.17) is 4.74 Å². The third-order valence-electron chi connectivity index (χ3n) is 5.53. The molecule has 1 aliphatic carbocycles. The zero-order chi connectivity index (χ0) is 17.4. The van der Waals surface area contributed by atoms with Crippen LogP contribution < -0.4 is 10.1 Å². The highest BCUT2D eigenvalue weighted by Crippen LogP contribution is 2.47. The molecule has 1 aliphatic heterocycles. The maximum atomic E-state index is 12.9. The lowest BCUT2D eigenvalue weighted by atomic mass is 9.86. The van der Waals surface area contributed by atoms with E-state index in [0.29, 0.717) is 5.56 Å². The van der Waals surface area contributed by atoms with Gasteiger partial charge in [0.25, 0.3) is 5.91 Å². The summed E-state index contributed by atoms with van der Waals surface area (Å²) in [4.78, 5) is 12.9. The molecular formula is C20H25N3O2. The van der Waals surface area contributed by atoms with Crippen molar-refractivity contribution in [1.82, 2.24) is 15.1 Å². The number of para-hydroxylation sites is 1. The van der Waals surface area contributed by atoms with Gasteiger partial charge in [0.05, 0.1) is 17.3 Å². The Hall–Kier alpha value is -2.30. The molecule has 1 saturated carbocycles. The summed E-state index contributed by atoms with van der Waals surface area (Å²) in [6, 6.07) is 8.08. The molecule has 0 radical (unpaired) electrons. The van der Waals surface area contributed by atoms with Gasteiger partial charge in [0.2, 0.25) is 0 Å². The number of aromatic nitrogens is 2. The van der Waals surface area contributed by atoms with E-state index in [-0.39, 0.29) is 17.6 Å². The van der Waals surface area contributed by atoms with Gasteiger partial charge in [0, 0.05) is 24.7 Å². The number of nitrogens with zero attached hydrogens (tertiary/aromatic N) is 2. The average molecular weight is 339 g/mol. The number of carbonyl (C=O) groups excluding carboxylic acids is 1. The van der Waals surface area contributed by atoms with Crippen molar-refractivity contribution in [2.24, 2.45) is 0 Å². The maximum absolute atomic E-state index is 12.9. The van der Waals surface area contributed by atoms with Crippen LogP contribution in [0.25, 0.3) is 0 Å². The number of fused-ring (bicyclic) bond motifs is 1. The van der Waals surface area contributed by atoms with Crippen LogP contribution in [0.15, 0.2) is 30.5 Å². The van der Waals surface area contributed by atoms with Crippen LogP contribution in [0.4, 0.5) is 0 Å². The van der Waals surface area contributed by atoms with E-state index in [1.165, 1.54) is 12.8 Å². The molecule has 1 spiro atoms. The summed E-state index contributed by atoms with van der Waals surface area (Å²) in [5.74, 6) is 0.869.